The molecule has 0 saturated heterocycles. The number of hydrogen-bond acceptors (Lipinski definition) is 2. The highest BCUT2D eigenvalue weighted by molar-refractivity contribution is 5.75. The van der Waals surface area contributed by atoms with E-state index < -0.39 is 35.8 Å². The van der Waals surface area contributed by atoms with Gasteiger partial charge in [-0.15, -0.1) is 0 Å². The molecule has 22 heavy (non-hydrogen) atoms. The van der Waals surface area contributed by atoms with Crippen LogP contribution < -0.4 is 5.32 Å². The standard InChI is InChI=1S/C16H26F4N2/c1-5-6-11(17)12-13(16(18,19)20)14(12)22-15(8-21-4)7-10(15)9(2)3/h8-14,22H,5-7H2,1-4H3/t10-,11-,12-,13?,14-,15?/m1/s1. The van der Waals surface area contributed by atoms with E-state index >= 15 is 0 Å². The normalized spacial score (nSPS) is 39.5. The Morgan fingerprint density at radius 1 is 1.36 bits per heavy atom. The average molecular weight is 322 g/mol. The number of nitrogens with zero attached hydrogens (tertiary/aromatic N) is 1. The van der Waals surface area contributed by atoms with Crippen molar-refractivity contribution in [2.75, 3.05) is 7.05 Å². The summed E-state index contributed by atoms with van der Waals surface area (Å²) in [4.78, 5) is 4.01. The van der Waals surface area contributed by atoms with Gasteiger partial charge in [0.2, 0.25) is 0 Å². The Hall–Kier alpha value is -0.650. The van der Waals surface area contributed by atoms with Gasteiger partial charge in [-0.3, -0.25) is 4.99 Å². The predicted molar refractivity (Wildman–Crippen MR) is 79.9 cm³/mol. The number of aliphatic imine (C=N–C) groups is 1. The van der Waals surface area contributed by atoms with Crippen molar-refractivity contribution in [3.05, 3.63) is 0 Å². The molecule has 6 atom stereocenters. The van der Waals surface area contributed by atoms with Crippen LogP contribution in [0.3, 0.4) is 0 Å². The van der Waals surface area contributed by atoms with E-state index in [4.69, 9.17) is 0 Å². The Bertz CT molecular complexity index is 421. The maximum Gasteiger partial charge on any atom is 0.393 e. The van der Waals surface area contributed by atoms with Gasteiger partial charge in [0.15, 0.2) is 0 Å². The SMILES string of the molecule is CCC[C@@H](F)[C@@H]1C(C(F)(F)F)[C@@H]1NC1(C=NC)C[C@@H]1C(C)C. The van der Waals surface area contributed by atoms with E-state index in [9.17, 15) is 17.6 Å². The lowest BCUT2D eigenvalue weighted by atomic mass is 10.0. The van der Waals surface area contributed by atoms with Crippen molar-refractivity contribution in [1.29, 1.82) is 0 Å². The van der Waals surface area contributed by atoms with Crippen molar-refractivity contribution in [1.82, 2.24) is 5.32 Å². The Kier molecular flexibility index (Phi) is 4.91. The first-order valence-electron chi connectivity index (χ1n) is 8.09. The highest BCUT2D eigenvalue weighted by Gasteiger charge is 2.70. The fraction of sp³-hybridized carbons (Fsp3) is 0.938. The highest BCUT2D eigenvalue weighted by Crippen LogP contribution is 2.57. The highest BCUT2D eigenvalue weighted by atomic mass is 19.4. The Morgan fingerprint density at radius 2 is 2.00 bits per heavy atom. The molecule has 2 aliphatic carbocycles. The lowest BCUT2D eigenvalue weighted by Crippen LogP contribution is -2.40. The fourth-order valence-electron chi connectivity index (χ4n) is 3.89. The number of rotatable bonds is 7. The second kappa shape index (κ2) is 6.10. The zero-order valence-corrected chi connectivity index (χ0v) is 13.6. The summed E-state index contributed by atoms with van der Waals surface area (Å²) in [5.74, 6) is -1.88. The van der Waals surface area contributed by atoms with Crippen molar-refractivity contribution in [2.45, 2.75) is 64.0 Å². The van der Waals surface area contributed by atoms with Crippen LogP contribution in [0.5, 0.6) is 0 Å². The van der Waals surface area contributed by atoms with Gasteiger partial charge in [-0.1, -0.05) is 27.2 Å². The number of nitrogens with one attached hydrogen (secondary N) is 1. The third-order valence-electron chi connectivity index (χ3n) is 5.09. The van der Waals surface area contributed by atoms with E-state index in [-0.39, 0.29) is 12.3 Å². The molecule has 128 valence electrons. The maximum absolute atomic E-state index is 14.1. The number of hydrogen-bond donors (Lipinski definition) is 1. The third kappa shape index (κ3) is 3.31. The molecule has 0 spiro atoms. The first kappa shape index (κ1) is 17.7. The molecule has 0 radical (unpaired) electrons. The van der Waals surface area contributed by atoms with Crippen LogP contribution in [-0.4, -0.2) is 37.2 Å². The van der Waals surface area contributed by atoms with Crippen molar-refractivity contribution < 1.29 is 17.6 Å². The van der Waals surface area contributed by atoms with Gasteiger partial charge in [0.25, 0.3) is 0 Å². The molecule has 6 heteroatoms. The van der Waals surface area contributed by atoms with Gasteiger partial charge in [-0.25, -0.2) is 4.39 Å². The summed E-state index contributed by atoms with van der Waals surface area (Å²) in [5.41, 5.74) is -0.474. The molecule has 0 heterocycles. The van der Waals surface area contributed by atoms with Gasteiger partial charge in [0.1, 0.15) is 6.17 Å². The van der Waals surface area contributed by atoms with Crippen molar-refractivity contribution in [3.8, 4) is 0 Å². The summed E-state index contributed by atoms with van der Waals surface area (Å²) in [7, 11) is 1.62. The molecule has 1 N–H and O–H groups in total. The van der Waals surface area contributed by atoms with Crippen LogP contribution in [0.25, 0.3) is 0 Å². The maximum atomic E-state index is 14.1. The predicted octanol–water partition coefficient (Wildman–Crippen LogP) is 4.01. The van der Waals surface area contributed by atoms with E-state index in [2.05, 4.69) is 24.2 Å². The molecular formula is C16H26F4N2. The van der Waals surface area contributed by atoms with Crippen molar-refractivity contribution in [2.24, 2.45) is 28.7 Å². The van der Waals surface area contributed by atoms with Crippen molar-refractivity contribution in [3.63, 3.8) is 0 Å². The quantitative estimate of drug-likeness (QED) is 0.556. The zero-order chi connectivity index (χ0) is 16.7. The van der Waals surface area contributed by atoms with Gasteiger partial charge in [0, 0.05) is 25.2 Å². The van der Waals surface area contributed by atoms with Crippen LogP contribution in [0.1, 0.15) is 40.0 Å². The minimum absolute atomic E-state index is 0.192. The molecule has 0 aromatic rings. The first-order valence-corrected chi connectivity index (χ1v) is 8.09. The van der Waals surface area contributed by atoms with Gasteiger partial charge in [-0.2, -0.15) is 13.2 Å². The minimum atomic E-state index is -4.34. The molecule has 2 aliphatic rings. The van der Waals surface area contributed by atoms with Gasteiger partial charge >= 0.3 is 6.18 Å². The first-order chi connectivity index (χ1) is 10.2. The van der Waals surface area contributed by atoms with E-state index in [0.717, 1.165) is 6.42 Å². The molecule has 2 nitrogen and oxygen atoms in total. The van der Waals surface area contributed by atoms with Crippen LogP contribution in [0, 0.1) is 23.7 Å². The molecule has 0 amide bonds. The summed E-state index contributed by atoms with van der Waals surface area (Å²) >= 11 is 0. The molecule has 2 saturated carbocycles. The second-order valence-electron chi connectivity index (χ2n) is 7.10. The summed E-state index contributed by atoms with van der Waals surface area (Å²) in [6, 6.07) is -0.816. The van der Waals surface area contributed by atoms with Gasteiger partial charge in [0.05, 0.1) is 11.5 Å². The molecule has 0 aromatic heterocycles. The molecule has 0 aliphatic heterocycles. The molecule has 2 unspecified atom stereocenters. The smallest absolute Gasteiger partial charge is 0.303 e. The Balaban J connectivity index is 2.10. The summed E-state index contributed by atoms with van der Waals surface area (Å²) < 4.78 is 53.5. The van der Waals surface area contributed by atoms with E-state index in [0.29, 0.717) is 12.3 Å². The zero-order valence-electron chi connectivity index (χ0n) is 13.6. The van der Waals surface area contributed by atoms with Crippen LogP contribution in [0.4, 0.5) is 17.6 Å². The lowest BCUT2D eigenvalue weighted by Gasteiger charge is -2.17. The molecule has 2 rings (SSSR count). The van der Waals surface area contributed by atoms with E-state index in [1.165, 1.54) is 0 Å². The summed E-state index contributed by atoms with van der Waals surface area (Å²) in [6.45, 7) is 5.90. The molecule has 2 fully saturated rings. The number of halogens is 4. The topological polar surface area (TPSA) is 24.4 Å². The largest absolute Gasteiger partial charge is 0.393 e. The molecular weight excluding hydrogens is 296 g/mol. The average Bonchev–Trinajstić information content (AvgIpc) is 3.25. The van der Waals surface area contributed by atoms with Gasteiger partial charge in [-0.05, 0) is 24.7 Å². The van der Waals surface area contributed by atoms with E-state index in [1.807, 2.05) is 0 Å². The van der Waals surface area contributed by atoms with Crippen LogP contribution in [0.2, 0.25) is 0 Å². The van der Waals surface area contributed by atoms with Gasteiger partial charge < -0.3 is 5.32 Å². The third-order valence-corrected chi connectivity index (χ3v) is 5.09. The summed E-state index contributed by atoms with van der Waals surface area (Å²) in [5, 5.41) is 3.11. The Morgan fingerprint density at radius 3 is 2.41 bits per heavy atom. The monoisotopic (exact) mass is 322 g/mol. The van der Waals surface area contributed by atoms with Crippen LogP contribution >= 0.6 is 0 Å². The molecule has 0 aromatic carbocycles. The fourth-order valence-corrected chi connectivity index (χ4v) is 3.89. The van der Waals surface area contributed by atoms with Crippen LogP contribution in [0.15, 0.2) is 4.99 Å². The molecule has 0 bridgehead atoms. The van der Waals surface area contributed by atoms with Crippen LogP contribution in [-0.2, 0) is 0 Å². The Labute approximate surface area is 129 Å². The lowest BCUT2D eigenvalue weighted by molar-refractivity contribution is -0.154. The van der Waals surface area contributed by atoms with E-state index in [1.54, 1.807) is 20.2 Å². The van der Waals surface area contributed by atoms with Crippen molar-refractivity contribution >= 4 is 6.21 Å². The minimum Gasteiger partial charge on any atom is -0.303 e. The number of alkyl halides is 4. The second-order valence-corrected chi connectivity index (χ2v) is 7.10. The summed E-state index contributed by atoms with van der Waals surface area (Å²) in [6.07, 6.45) is -2.48.